The number of benzene rings is 1. The highest BCUT2D eigenvalue weighted by molar-refractivity contribution is 6.31. The molecule has 0 aliphatic carbocycles. The monoisotopic (exact) mass is 334 g/mol. The van der Waals surface area contributed by atoms with Crippen molar-refractivity contribution in [2.45, 2.75) is 20.3 Å². The smallest absolute Gasteiger partial charge is 0.226 e. The Morgan fingerprint density at radius 1 is 1.35 bits per heavy atom. The molecule has 2 N–H and O–H groups in total. The van der Waals surface area contributed by atoms with Gasteiger partial charge in [0.25, 0.3) is 0 Å². The summed E-state index contributed by atoms with van der Waals surface area (Å²) in [7, 11) is 0. The lowest BCUT2D eigenvalue weighted by atomic mass is 10.2. The van der Waals surface area contributed by atoms with Gasteiger partial charge in [-0.3, -0.25) is 4.79 Å². The maximum Gasteiger partial charge on any atom is 0.226 e. The molecule has 1 heterocycles. The topological polar surface area (TPSA) is 76.1 Å². The SMILES string of the molecule is CCOc1cc(NCCC(=O)Nc2cccc(Cl)c2C)ncn1. The van der Waals surface area contributed by atoms with E-state index in [-0.39, 0.29) is 5.91 Å². The Hall–Kier alpha value is -2.34. The fraction of sp³-hybridized carbons (Fsp3) is 0.312. The summed E-state index contributed by atoms with van der Waals surface area (Å²) in [6.45, 7) is 4.75. The van der Waals surface area contributed by atoms with Crippen molar-refractivity contribution in [1.29, 1.82) is 0 Å². The Labute approximate surface area is 140 Å². The summed E-state index contributed by atoms with van der Waals surface area (Å²) in [6, 6.07) is 7.12. The molecule has 1 aromatic heterocycles. The third-order valence-corrected chi connectivity index (χ3v) is 3.54. The molecule has 0 atom stereocenters. The number of carbonyl (C=O) groups excluding carboxylic acids is 1. The van der Waals surface area contributed by atoms with E-state index < -0.39 is 0 Å². The van der Waals surface area contributed by atoms with Crippen molar-refractivity contribution >= 4 is 29.0 Å². The standard InChI is InChI=1S/C16H19ClN4O2/c1-3-23-16-9-14(19-10-20-16)18-8-7-15(22)21-13-6-4-5-12(17)11(13)2/h4-6,9-10H,3,7-8H2,1-2H3,(H,21,22)(H,18,19,20). The highest BCUT2D eigenvalue weighted by Gasteiger charge is 2.07. The largest absolute Gasteiger partial charge is 0.478 e. The summed E-state index contributed by atoms with van der Waals surface area (Å²) in [4.78, 5) is 20.0. The van der Waals surface area contributed by atoms with Crippen LogP contribution in [0, 0.1) is 6.92 Å². The fourth-order valence-electron chi connectivity index (χ4n) is 1.92. The van der Waals surface area contributed by atoms with Gasteiger partial charge < -0.3 is 15.4 Å². The van der Waals surface area contributed by atoms with Gasteiger partial charge in [-0.15, -0.1) is 0 Å². The highest BCUT2D eigenvalue weighted by atomic mass is 35.5. The average molecular weight is 335 g/mol. The molecule has 6 nitrogen and oxygen atoms in total. The molecular weight excluding hydrogens is 316 g/mol. The second-order valence-corrected chi connectivity index (χ2v) is 5.22. The number of hydrogen-bond donors (Lipinski definition) is 2. The Balaban J connectivity index is 1.83. The van der Waals surface area contributed by atoms with Crippen LogP contribution in [0.25, 0.3) is 0 Å². The van der Waals surface area contributed by atoms with Crippen molar-refractivity contribution in [2.75, 3.05) is 23.8 Å². The van der Waals surface area contributed by atoms with Gasteiger partial charge in [0.1, 0.15) is 12.1 Å². The summed E-state index contributed by atoms with van der Waals surface area (Å²) in [5.74, 6) is 1.03. The zero-order valence-corrected chi connectivity index (χ0v) is 13.9. The van der Waals surface area contributed by atoms with Gasteiger partial charge in [-0.1, -0.05) is 17.7 Å². The second kappa shape index (κ2) is 8.33. The van der Waals surface area contributed by atoms with Crippen molar-refractivity contribution in [3.05, 3.63) is 41.2 Å². The van der Waals surface area contributed by atoms with Crippen molar-refractivity contribution in [2.24, 2.45) is 0 Å². The molecule has 0 aliphatic heterocycles. The van der Waals surface area contributed by atoms with Gasteiger partial charge in [0.15, 0.2) is 0 Å². The molecule has 0 saturated carbocycles. The van der Waals surface area contributed by atoms with Crippen molar-refractivity contribution in [3.8, 4) is 5.88 Å². The number of ether oxygens (including phenoxy) is 1. The molecule has 0 bridgehead atoms. The molecule has 122 valence electrons. The van der Waals surface area contributed by atoms with Gasteiger partial charge in [-0.25, -0.2) is 9.97 Å². The minimum absolute atomic E-state index is 0.0954. The van der Waals surface area contributed by atoms with E-state index in [2.05, 4.69) is 20.6 Å². The van der Waals surface area contributed by atoms with E-state index in [1.54, 1.807) is 18.2 Å². The Morgan fingerprint density at radius 3 is 2.96 bits per heavy atom. The van der Waals surface area contributed by atoms with E-state index in [0.717, 1.165) is 11.3 Å². The number of nitrogens with one attached hydrogen (secondary N) is 2. The molecule has 1 amide bonds. The maximum absolute atomic E-state index is 12.0. The van der Waals surface area contributed by atoms with Crippen molar-refractivity contribution in [1.82, 2.24) is 9.97 Å². The number of anilines is 2. The van der Waals surface area contributed by atoms with Gasteiger partial charge in [0, 0.05) is 29.7 Å². The van der Waals surface area contributed by atoms with Gasteiger partial charge in [-0.2, -0.15) is 0 Å². The molecule has 0 fully saturated rings. The summed E-state index contributed by atoms with van der Waals surface area (Å²) in [6.07, 6.45) is 1.72. The van der Waals surface area contributed by atoms with Crippen LogP contribution in [0.1, 0.15) is 18.9 Å². The van der Waals surface area contributed by atoms with Crippen LogP contribution in [0.4, 0.5) is 11.5 Å². The number of amides is 1. The summed E-state index contributed by atoms with van der Waals surface area (Å²) in [5, 5.41) is 6.55. The number of carbonyl (C=O) groups is 1. The van der Waals surface area contributed by atoms with E-state index in [0.29, 0.717) is 36.3 Å². The van der Waals surface area contributed by atoms with Crippen LogP contribution >= 0.6 is 11.6 Å². The lowest BCUT2D eigenvalue weighted by Gasteiger charge is -2.10. The van der Waals surface area contributed by atoms with E-state index in [4.69, 9.17) is 16.3 Å². The second-order valence-electron chi connectivity index (χ2n) is 4.81. The van der Waals surface area contributed by atoms with Gasteiger partial charge in [-0.05, 0) is 31.5 Å². The minimum Gasteiger partial charge on any atom is -0.478 e. The third kappa shape index (κ3) is 5.10. The predicted molar refractivity (Wildman–Crippen MR) is 91.1 cm³/mol. The van der Waals surface area contributed by atoms with E-state index in [9.17, 15) is 4.79 Å². The minimum atomic E-state index is -0.0954. The molecule has 0 unspecified atom stereocenters. The zero-order chi connectivity index (χ0) is 16.7. The van der Waals surface area contributed by atoms with E-state index >= 15 is 0 Å². The Morgan fingerprint density at radius 2 is 2.17 bits per heavy atom. The van der Waals surface area contributed by atoms with Crippen LogP contribution in [-0.4, -0.2) is 29.0 Å². The Bertz CT molecular complexity index is 679. The number of hydrogen-bond acceptors (Lipinski definition) is 5. The van der Waals surface area contributed by atoms with Crippen LogP contribution in [0.2, 0.25) is 5.02 Å². The number of nitrogens with zero attached hydrogens (tertiary/aromatic N) is 2. The first-order valence-electron chi connectivity index (χ1n) is 7.34. The molecule has 1 aromatic carbocycles. The fourth-order valence-corrected chi connectivity index (χ4v) is 2.10. The van der Waals surface area contributed by atoms with Gasteiger partial charge >= 0.3 is 0 Å². The molecule has 0 saturated heterocycles. The molecule has 0 radical (unpaired) electrons. The predicted octanol–water partition coefficient (Wildman–Crippen LogP) is 3.28. The first kappa shape index (κ1) is 17.0. The lowest BCUT2D eigenvalue weighted by Crippen LogP contribution is -2.17. The zero-order valence-electron chi connectivity index (χ0n) is 13.1. The molecule has 23 heavy (non-hydrogen) atoms. The van der Waals surface area contributed by atoms with Crippen LogP contribution in [-0.2, 0) is 4.79 Å². The van der Waals surface area contributed by atoms with Crippen LogP contribution < -0.4 is 15.4 Å². The average Bonchev–Trinajstić information content (AvgIpc) is 2.53. The number of halogens is 1. The molecule has 2 aromatic rings. The highest BCUT2D eigenvalue weighted by Crippen LogP contribution is 2.22. The number of rotatable bonds is 7. The van der Waals surface area contributed by atoms with E-state index in [1.807, 2.05) is 19.9 Å². The van der Waals surface area contributed by atoms with Crippen molar-refractivity contribution < 1.29 is 9.53 Å². The summed E-state index contributed by atoms with van der Waals surface area (Å²) < 4.78 is 5.29. The first-order chi connectivity index (χ1) is 11.1. The first-order valence-corrected chi connectivity index (χ1v) is 7.71. The quantitative estimate of drug-likeness (QED) is 0.812. The van der Waals surface area contributed by atoms with E-state index in [1.165, 1.54) is 6.33 Å². The van der Waals surface area contributed by atoms with Crippen LogP contribution in [0.3, 0.4) is 0 Å². The van der Waals surface area contributed by atoms with Crippen LogP contribution in [0.5, 0.6) is 5.88 Å². The number of aromatic nitrogens is 2. The third-order valence-electron chi connectivity index (χ3n) is 3.13. The molecule has 0 aliphatic rings. The summed E-state index contributed by atoms with van der Waals surface area (Å²) in [5.41, 5.74) is 1.58. The molecule has 2 rings (SSSR count). The maximum atomic E-state index is 12.0. The molecule has 0 spiro atoms. The Kier molecular flexibility index (Phi) is 6.17. The summed E-state index contributed by atoms with van der Waals surface area (Å²) >= 11 is 6.03. The normalized spacial score (nSPS) is 10.2. The molecular formula is C16H19ClN4O2. The van der Waals surface area contributed by atoms with Gasteiger partial charge in [0.05, 0.1) is 6.61 Å². The van der Waals surface area contributed by atoms with Crippen LogP contribution in [0.15, 0.2) is 30.6 Å². The van der Waals surface area contributed by atoms with Crippen molar-refractivity contribution in [3.63, 3.8) is 0 Å². The van der Waals surface area contributed by atoms with Gasteiger partial charge in [0.2, 0.25) is 11.8 Å². The lowest BCUT2D eigenvalue weighted by molar-refractivity contribution is -0.115. The molecule has 7 heteroatoms.